The van der Waals surface area contributed by atoms with E-state index in [-0.39, 0.29) is 18.1 Å². The van der Waals surface area contributed by atoms with Crippen molar-refractivity contribution in [2.24, 2.45) is 5.92 Å². The largest absolute Gasteiger partial charge is 0.480 e. The number of aliphatic hydroxyl groups excluding tert-OH is 1. The molecule has 0 aliphatic carbocycles. The number of likely N-dealkylation sites (tertiary alicyclic amines) is 1. The third kappa shape index (κ3) is 3.19. The van der Waals surface area contributed by atoms with Gasteiger partial charge in [-0.05, 0) is 25.2 Å². The lowest BCUT2D eigenvalue weighted by molar-refractivity contribution is -0.145. The third-order valence-electron chi connectivity index (χ3n) is 3.50. The number of carbonyl (C=O) groups is 1. The summed E-state index contributed by atoms with van der Waals surface area (Å²) in [5.74, 6) is -0.499. The minimum absolute atomic E-state index is 0.243. The number of aliphatic carboxylic acids is 1. The number of carboxylic acid groups (broad SMARTS) is 1. The van der Waals surface area contributed by atoms with E-state index in [9.17, 15) is 9.90 Å². The molecule has 1 aliphatic heterocycles. The van der Waals surface area contributed by atoms with Gasteiger partial charge in [0.1, 0.15) is 6.04 Å². The highest BCUT2D eigenvalue weighted by atomic mass is 16.4. The molecule has 0 radical (unpaired) electrons. The van der Waals surface area contributed by atoms with E-state index >= 15 is 0 Å². The first kappa shape index (κ1) is 13.5. The third-order valence-corrected chi connectivity index (χ3v) is 3.50. The summed E-state index contributed by atoms with van der Waals surface area (Å²) in [5, 5.41) is 18.9. The van der Waals surface area contributed by atoms with E-state index in [4.69, 9.17) is 5.11 Å². The molecule has 16 heavy (non-hydrogen) atoms. The van der Waals surface area contributed by atoms with Gasteiger partial charge < -0.3 is 10.2 Å². The molecule has 1 saturated heterocycles. The van der Waals surface area contributed by atoms with Crippen molar-refractivity contribution in [3.8, 4) is 0 Å². The zero-order valence-electron chi connectivity index (χ0n) is 10.2. The number of rotatable bonds is 5. The molecule has 1 heterocycles. The Balaban J connectivity index is 2.59. The van der Waals surface area contributed by atoms with Gasteiger partial charge in [0.05, 0.1) is 6.10 Å². The predicted molar refractivity (Wildman–Crippen MR) is 62.3 cm³/mol. The van der Waals surface area contributed by atoms with Crippen molar-refractivity contribution < 1.29 is 15.0 Å². The summed E-state index contributed by atoms with van der Waals surface area (Å²) in [4.78, 5) is 13.1. The van der Waals surface area contributed by atoms with E-state index in [2.05, 4.69) is 6.92 Å². The van der Waals surface area contributed by atoms with Gasteiger partial charge in [0.15, 0.2) is 0 Å². The summed E-state index contributed by atoms with van der Waals surface area (Å²) in [7, 11) is 0. The molecule has 3 atom stereocenters. The molecule has 0 aromatic carbocycles. The maximum atomic E-state index is 11.1. The highest BCUT2D eigenvalue weighted by Crippen LogP contribution is 2.23. The van der Waals surface area contributed by atoms with E-state index < -0.39 is 5.97 Å². The molecule has 1 fully saturated rings. The number of hydrogen-bond donors (Lipinski definition) is 2. The monoisotopic (exact) mass is 229 g/mol. The van der Waals surface area contributed by atoms with Crippen molar-refractivity contribution in [2.75, 3.05) is 13.1 Å². The van der Waals surface area contributed by atoms with Gasteiger partial charge in [0, 0.05) is 13.1 Å². The summed E-state index contributed by atoms with van der Waals surface area (Å²) in [6.45, 7) is 5.42. The predicted octanol–water partition coefficient (Wildman–Crippen LogP) is 1.33. The maximum absolute atomic E-state index is 11.1. The van der Waals surface area contributed by atoms with Crippen LogP contribution in [0.4, 0.5) is 0 Å². The Kier molecular flexibility index (Phi) is 5.22. The van der Waals surface area contributed by atoms with E-state index in [0.29, 0.717) is 19.4 Å². The molecular formula is C12H23NO3. The molecule has 0 unspecified atom stereocenters. The van der Waals surface area contributed by atoms with Crippen molar-refractivity contribution in [1.82, 2.24) is 4.90 Å². The zero-order chi connectivity index (χ0) is 12.1. The molecule has 0 bridgehead atoms. The van der Waals surface area contributed by atoms with Crippen molar-refractivity contribution in [3.05, 3.63) is 0 Å². The molecule has 0 saturated carbocycles. The molecule has 2 N–H and O–H groups in total. The second-order valence-electron chi connectivity index (χ2n) is 4.66. The smallest absolute Gasteiger partial charge is 0.320 e. The van der Waals surface area contributed by atoms with Gasteiger partial charge in [-0.1, -0.05) is 20.3 Å². The van der Waals surface area contributed by atoms with Gasteiger partial charge in [-0.3, -0.25) is 9.69 Å². The van der Waals surface area contributed by atoms with Crippen LogP contribution in [0.1, 0.15) is 39.5 Å². The number of piperidine rings is 1. The topological polar surface area (TPSA) is 60.8 Å². The molecule has 0 amide bonds. The fourth-order valence-electron chi connectivity index (χ4n) is 2.57. The normalized spacial score (nSPS) is 28.9. The van der Waals surface area contributed by atoms with Crippen LogP contribution in [0, 0.1) is 5.92 Å². The first-order valence-electron chi connectivity index (χ1n) is 6.25. The molecule has 1 aliphatic rings. The Morgan fingerprint density at radius 2 is 2.19 bits per heavy atom. The average Bonchev–Trinajstić information content (AvgIpc) is 2.23. The Morgan fingerprint density at radius 3 is 2.69 bits per heavy atom. The lowest BCUT2D eigenvalue weighted by Gasteiger charge is -2.38. The summed E-state index contributed by atoms with van der Waals surface area (Å²) >= 11 is 0. The highest BCUT2D eigenvalue weighted by molar-refractivity contribution is 5.73. The number of hydrogen-bond acceptors (Lipinski definition) is 3. The molecule has 0 aromatic rings. The van der Waals surface area contributed by atoms with E-state index in [1.807, 2.05) is 11.8 Å². The van der Waals surface area contributed by atoms with E-state index in [0.717, 1.165) is 19.4 Å². The SMILES string of the molecule is CCC[C@@H]1CN([C@H](CC)C(=O)O)CC[C@H]1O. The zero-order valence-corrected chi connectivity index (χ0v) is 10.2. The number of nitrogens with zero attached hydrogens (tertiary/aromatic N) is 1. The Bertz CT molecular complexity index is 232. The van der Waals surface area contributed by atoms with Crippen LogP contribution in [-0.4, -0.2) is 46.3 Å². The van der Waals surface area contributed by atoms with Gasteiger partial charge in [-0.2, -0.15) is 0 Å². The van der Waals surface area contributed by atoms with Gasteiger partial charge in [0.2, 0.25) is 0 Å². The fraction of sp³-hybridized carbons (Fsp3) is 0.917. The van der Waals surface area contributed by atoms with Crippen LogP contribution in [0.2, 0.25) is 0 Å². The summed E-state index contributed by atoms with van der Waals surface area (Å²) in [5.41, 5.74) is 0. The number of aliphatic hydroxyl groups is 1. The van der Waals surface area contributed by atoms with Crippen LogP contribution in [0.5, 0.6) is 0 Å². The molecule has 4 heteroatoms. The quantitative estimate of drug-likeness (QED) is 0.746. The van der Waals surface area contributed by atoms with Gasteiger partial charge in [-0.15, -0.1) is 0 Å². The minimum atomic E-state index is -0.742. The second kappa shape index (κ2) is 6.21. The molecule has 0 aromatic heterocycles. The van der Waals surface area contributed by atoms with Crippen LogP contribution in [-0.2, 0) is 4.79 Å². The summed E-state index contributed by atoms with van der Waals surface area (Å²) in [6.07, 6.45) is 3.11. The van der Waals surface area contributed by atoms with Gasteiger partial charge >= 0.3 is 5.97 Å². The molecular weight excluding hydrogens is 206 g/mol. The van der Waals surface area contributed by atoms with Gasteiger partial charge in [-0.25, -0.2) is 0 Å². The van der Waals surface area contributed by atoms with Crippen molar-refractivity contribution in [1.29, 1.82) is 0 Å². The number of carboxylic acids is 1. The summed E-state index contributed by atoms with van der Waals surface area (Å²) < 4.78 is 0. The van der Waals surface area contributed by atoms with E-state index in [1.54, 1.807) is 0 Å². The Hall–Kier alpha value is -0.610. The molecule has 0 spiro atoms. The lowest BCUT2D eigenvalue weighted by Crippen LogP contribution is -2.50. The van der Waals surface area contributed by atoms with Crippen LogP contribution in [0.25, 0.3) is 0 Å². The fourth-order valence-corrected chi connectivity index (χ4v) is 2.57. The molecule has 94 valence electrons. The minimum Gasteiger partial charge on any atom is -0.480 e. The average molecular weight is 229 g/mol. The van der Waals surface area contributed by atoms with Crippen LogP contribution < -0.4 is 0 Å². The highest BCUT2D eigenvalue weighted by Gasteiger charge is 2.32. The van der Waals surface area contributed by atoms with E-state index in [1.165, 1.54) is 0 Å². The van der Waals surface area contributed by atoms with Crippen LogP contribution in [0.15, 0.2) is 0 Å². The van der Waals surface area contributed by atoms with Crippen molar-refractivity contribution in [3.63, 3.8) is 0 Å². The maximum Gasteiger partial charge on any atom is 0.320 e. The Morgan fingerprint density at radius 1 is 1.50 bits per heavy atom. The Labute approximate surface area is 97.3 Å². The first-order chi connectivity index (χ1) is 7.60. The van der Waals surface area contributed by atoms with Gasteiger partial charge in [0.25, 0.3) is 0 Å². The lowest BCUT2D eigenvalue weighted by atomic mass is 9.89. The summed E-state index contributed by atoms with van der Waals surface area (Å²) in [6, 6.07) is -0.383. The first-order valence-corrected chi connectivity index (χ1v) is 6.25. The molecule has 4 nitrogen and oxygen atoms in total. The standard InChI is InChI=1S/C12H23NO3/c1-3-5-9-8-13(7-6-11(9)14)10(4-2)12(15)16/h9-11,14H,3-8H2,1-2H3,(H,15,16)/t9-,10-,11-/m1/s1. The van der Waals surface area contributed by atoms with Crippen LogP contribution >= 0.6 is 0 Å². The second-order valence-corrected chi connectivity index (χ2v) is 4.66. The van der Waals surface area contributed by atoms with Crippen molar-refractivity contribution >= 4 is 5.97 Å². The van der Waals surface area contributed by atoms with Crippen LogP contribution in [0.3, 0.4) is 0 Å². The van der Waals surface area contributed by atoms with Crippen molar-refractivity contribution in [2.45, 2.75) is 51.7 Å². The molecule has 1 rings (SSSR count).